The van der Waals surface area contributed by atoms with Gasteiger partial charge in [0.2, 0.25) is 5.91 Å². The third-order valence-electron chi connectivity index (χ3n) is 2.46. The quantitative estimate of drug-likeness (QED) is 0.736. The van der Waals surface area contributed by atoms with Crippen LogP contribution in [0.15, 0.2) is 12.4 Å². The molecule has 1 aromatic heterocycles. The molecule has 16 heavy (non-hydrogen) atoms. The van der Waals surface area contributed by atoms with Crippen LogP contribution < -0.4 is 11.1 Å². The van der Waals surface area contributed by atoms with Gasteiger partial charge in [-0.25, -0.2) is 0 Å². The zero-order valence-electron chi connectivity index (χ0n) is 10.1. The molecular formula is C11H20N4O. The number of nitrogens with one attached hydrogen (secondary N) is 1. The normalized spacial score (nSPS) is 14.7. The van der Waals surface area contributed by atoms with Crippen molar-refractivity contribution >= 4 is 5.91 Å². The summed E-state index contributed by atoms with van der Waals surface area (Å²) in [7, 11) is 0. The number of hydrogen-bond donors (Lipinski definition) is 2. The van der Waals surface area contributed by atoms with Gasteiger partial charge in [0.1, 0.15) is 0 Å². The lowest BCUT2D eigenvalue weighted by Crippen LogP contribution is -2.46. The van der Waals surface area contributed by atoms with Gasteiger partial charge in [0.15, 0.2) is 0 Å². The van der Waals surface area contributed by atoms with Crippen LogP contribution in [0.4, 0.5) is 0 Å². The Hall–Kier alpha value is -1.36. The molecule has 0 aliphatic carbocycles. The fourth-order valence-electron chi connectivity index (χ4n) is 1.64. The highest BCUT2D eigenvalue weighted by molar-refractivity contribution is 5.79. The standard InChI is InChI=1S/C11H20N4O/c1-4-10(11(12)16)14-9(3)7-15-6-8(2)5-13-15/h5-6,9-10,14H,4,7H2,1-3H3,(H2,12,16)/t9-,10-/m1/s1. The molecule has 0 bridgehead atoms. The molecule has 1 heterocycles. The average molecular weight is 224 g/mol. The number of rotatable bonds is 6. The van der Waals surface area contributed by atoms with E-state index in [1.807, 2.05) is 37.8 Å². The number of carbonyl (C=O) groups is 1. The van der Waals surface area contributed by atoms with E-state index in [1.165, 1.54) is 0 Å². The van der Waals surface area contributed by atoms with Crippen LogP contribution in [0.25, 0.3) is 0 Å². The van der Waals surface area contributed by atoms with Crippen molar-refractivity contribution in [1.82, 2.24) is 15.1 Å². The molecule has 0 aliphatic rings. The van der Waals surface area contributed by atoms with Crippen molar-refractivity contribution in [3.63, 3.8) is 0 Å². The molecule has 0 spiro atoms. The topological polar surface area (TPSA) is 72.9 Å². The maximum atomic E-state index is 11.1. The number of aromatic nitrogens is 2. The van der Waals surface area contributed by atoms with Crippen molar-refractivity contribution in [3.8, 4) is 0 Å². The highest BCUT2D eigenvalue weighted by atomic mass is 16.1. The molecule has 0 unspecified atom stereocenters. The Bertz CT molecular complexity index is 348. The molecule has 3 N–H and O–H groups in total. The molecule has 2 atom stereocenters. The van der Waals surface area contributed by atoms with E-state index < -0.39 is 0 Å². The van der Waals surface area contributed by atoms with E-state index in [0.717, 1.165) is 12.1 Å². The predicted octanol–water partition coefficient (Wildman–Crippen LogP) is 0.434. The molecule has 5 heteroatoms. The van der Waals surface area contributed by atoms with E-state index >= 15 is 0 Å². The molecule has 5 nitrogen and oxygen atoms in total. The van der Waals surface area contributed by atoms with Crippen LogP contribution in [0.3, 0.4) is 0 Å². The smallest absolute Gasteiger partial charge is 0.234 e. The number of primary amides is 1. The van der Waals surface area contributed by atoms with Crippen molar-refractivity contribution < 1.29 is 4.79 Å². The second-order valence-electron chi connectivity index (χ2n) is 4.17. The Kier molecular flexibility index (Phi) is 4.49. The number of amides is 1. The van der Waals surface area contributed by atoms with E-state index in [2.05, 4.69) is 10.4 Å². The predicted molar refractivity (Wildman–Crippen MR) is 62.8 cm³/mol. The average Bonchev–Trinajstić information content (AvgIpc) is 2.60. The summed E-state index contributed by atoms with van der Waals surface area (Å²) in [6.45, 7) is 6.69. The first-order valence-corrected chi connectivity index (χ1v) is 5.57. The first-order valence-electron chi connectivity index (χ1n) is 5.57. The number of carbonyl (C=O) groups excluding carboxylic acids is 1. The molecule has 1 rings (SSSR count). The van der Waals surface area contributed by atoms with Gasteiger partial charge < -0.3 is 11.1 Å². The second-order valence-corrected chi connectivity index (χ2v) is 4.17. The van der Waals surface area contributed by atoms with Crippen molar-refractivity contribution in [1.29, 1.82) is 0 Å². The molecule has 0 saturated carbocycles. The molecule has 0 saturated heterocycles. The molecular weight excluding hydrogens is 204 g/mol. The van der Waals surface area contributed by atoms with Crippen LogP contribution in [-0.4, -0.2) is 27.8 Å². The van der Waals surface area contributed by atoms with Gasteiger partial charge in [0, 0.05) is 12.2 Å². The summed E-state index contributed by atoms with van der Waals surface area (Å²) in [6.07, 6.45) is 4.50. The molecule has 0 aliphatic heterocycles. The van der Waals surface area contributed by atoms with E-state index in [4.69, 9.17) is 5.73 Å². The van der Waals surface area contributed by atoms with Crippen molar-refractivity contribution in [3.05, 3.63) is 18.0 Å². The highest BCUT2D eigenvalue weighted by Crippen LogP contribution is 1.98. The van der Waals surface area contributed by atoms with Gasteiger partial charge in [0.05, 0.1) is 18.8 Å². The van der Waals surface area contributed by atoms with Gasteiger partial charge in [-0.15, -0.1) is 0 Å². The Morgan fingerprint density at radius 2 is 2.38 bits per heavy atom. The minimum Gasteiger partial charge on any atom is -0.368 e. The minimum atomic E-state index is -0.300. The number of nitrogens with zero attached hydrogens (tertiary/aromatic N) is 2. The van der Waals surface area contributed by atoms with E-state index in [9.17, 15) is 4.79 Å². The van der Waals surface area contributed by atoms with Crippen molar-refractivity contribution in [2.24, 2.45) is 5.73 Å². The molecule has 0 aromatic carbocycles. The lowest BCUT2D eigenvalue weighted by molar-refractivity contribution is -0.120. The lowest BCUT2D eigenvalue weighted by Gasteiger charge is -2.19. The minimum absolute atomic E-state index is 0.164. The summed E-state index contributed by atoms with van der Waals surface area (Å²) in [4.78, 5) is 11.1. The Morgan fingerprint density at radius 1 is 1.69 bits per heavy atom. The Morgan fingerprint density at radius 3 is 2.81 bits per heavy atom. The van der Waals surface area contributed by atoms with Crippen LogP contribution in [0.1, 0.15) is 25.8 Å². The molecule has 1 aromatic rings. The van der Waals surface area contributed by atoms with E-state index in [-0.39, 0.29) is 18.0 Å². The van der Waals surface area contributed by atoms with Gasteiger partial charge >= 0.3 is 0 Å². The number of hydrogen-bond acceptors (Lipinski definition) is 3. The zero-order chi connectivity index (χ0) is 12.1. The van der Waals surface area contributed by atoms with Crippen molar-refractivity contribution in [2.75, 3.05) is 0 Å². The third kappa shape index (κ3) is 3.66. The van der Waals surface area contributed by atoms with Crippen LogP contribution in [0.5, 0.6) is 0 Å². The number of nitrogens with two attached hydrogens (primary N) is 1. The van der Waals surface area contributed by atoms with Gasteiger partial charge in [0.25, 0.3) is 0 Å². The zero-order valence-corrected chi connectivity index (χ0v) is 10.1. The summed E-state index contributed by atoms with van der Waals surface area (Å²) >= 11 is 0. The monoisotopic (exact) mass is 224 g/mol. The van der Waals surface area contributed by atoms with Gasteiger partial charge in [-0.3, -0.25) is 9.48 Å². The van der Waals surface area contributed by atoms with Crippen LogP contribution in [0.2, 0.25) is 0 Å². The van der Waals surface area contributed by atoms with Gasteiger partial charge in [-0.2, -0.15) is 5.10 Å². The van der Waals surface area contributed by atoms with E-state index in [1.54, 1.807) is 0 Å². The van der Waals surface area contributed by atoms with Gasteiger partial charge in [-0.1, -0.05) is 6.92 Å². The van der Waals surface area contributed by atoms with Crippen LogP contribution in [-0.2, 0) is 11.3 Å². The second kappa shape index (κ2) is 5.65. The summed E-state index contributed by atoms with van der Waals surface area (Å²) in [5.41, 5.74) is 6.40. The number of aryl methyl sites for hydroxylation is 1. The molecule has 90 valence electrons. The van der Waals surface area contributed by atoms with Crippen LogP contribution in [0, 0.1) is 6.92 Å². The first kappa shape index (κ1) is 12.7. The Labute approximate surface area is 96.0 Å². The summed E-state index contributed by atoms with van der Waals surface area (Å²) < 4.78 is 1.86. The maximum absolute atomic E-state index is 11.1. The van der Waals surface area contributed by atoms with E-state index in [0.29, 0.717) is 6.42 Å². The third-order valence-corrected chi connectivity index (χ3v) is 2.46. The first-order chi connectivity index (χ1) is 7.52. The lowest BCUT2D eigenvalue weighted by atomic mass is 10.2. The summed E-state index contributed by atoms with van der Waals surface area (Å²) in [5.74, 6) is -0.300. The molecule has 1 amide bonds. The SMILES string of the molecule is CC[C@@H](N[C@H](C)Cn1cc(C)cn1)C(N)=O. The Balaban J connectivity index is 2.46. The summed E-state index contributed by atoms with van der Waals surface area (Å²) in [6, 6.07) is -0.0941. The maximum Gasteiger partial charge on any atom is 0.234 e. The molecule has 0 radical (unpaired) electrons. The fraction of sp³-hybridized carbons (Fsp3) is 0.636. The van der Waals surface area contributed by atoms with Crippen molar-refractivity contribution in [2.45, 2.75) is 45.8 Å². The largest absolute Gasteiger partial charge is 0.368 e. The van der Waals surface area contributed by atoms with Crippen LogP contribution >= 0.6 is 0 Å². The fourth-order valence-corrected chi connectivity index (χ4v) is 1.64. The highest BCUT2D eigenvalue weighted by Gasteiger charge is 2.15. The van der Waals surface area contributed by atoms with Gasteiger partial charge in [-0.05, 0) is 25.8 Å². The summed E-state index contributed by atoms with van der Waals surface area (Å²) in [5, 5.41) is 7.38. The molecule has 0 fully saturated rings.